The summed E-state index contributed by atoms with van der Waals surface area (Å²) in [6.07, 6.45) is 3.70. The van der Waals surface area contributed by atoms with Gasteiger partial charge in [-0.2, -0.15) is 5.10 Å². The van der Waals surface area contributed by atoms with Crippen molar-refractivity contribution in [3.63, 3.8) is 0 Å². The lowest BCUT2D eigenvalue weighted by atomic mass is 10.2. The minimum atomic E-state index is 0.141. The first-order valence-corrected chi connectivity index (χ1v) is 9.05. The van der Waals surface area contributed by atoms with Gasteiger partial charge in [0.05, 0.1) is 12.2 Å². The Bertz CT molecular complexity index is 747. The molecule has 0 atom stereocenters. The fraction of sp³-hybridized carbons (Fsp3) is 0.421. The van der Waals surface area contributed by atoms with Crippen molar-refractivity contribution in [2.75, 3.05) is 32.7 Å². The van der Waals surface area contributed by atoms with E-state index in [-0.39, 0.29) is 5.91 Å². The Balaban J connectivity index is 1.68. The van der Waals surface area contributed by atoms with Gasteiger partial charge in [0.1, 0.15) is 0 Å². The Morgan fingerprint density at radius 2 is 1.96 bits per heavy atom. The molecule has 7 nitrogen and oxygen atoms in total. The number of aromatic nitrogens is 2. The summed E-state index contributed by atoms with van der Waals surface area (Å²) in [7, 11) is 0. The van der Waals surface area contributed by atoms with E-state index in [2.05, 4.69) is 34.4 Å². The first-order valence-electron chi connectivity index (χ1n) is 9.05. The second-order valence-electron chi connectivity index (χ2n) is 6.28. The van der Waals surface area contributed by atoms with E-state index in [1.54, 1.807) is 13.1 Å². The molecule has 3 rings (SSSR count). The third-order valence-corrected chi connectivity index (χ3v) is 4.45. The summed E-state index contributed by atoms with van der Waals surface area (Å²) in [5, 5.41) is 7.64. The Hall–Kier alpha value is -2.83. The predicted molar refractivity (Wildman–Crippen MR) is 102 cm³/mol. The maximum Gasteiger partial charge on any atom is 0.219 e. The number of nitrogens with zero attached hydrogens (tertiary/aromatic N) is 5. The van der Waals surface area contributed by atoms with Crippen LogP contribution in [0, 0.1) is 0 Å². The summed E-state index contributed by atoms with van der Waals surface area (Å²) in [5.74, 6) is 1.04. The standard InChI is InChI=1S/C19H26N6O/c1-3-20-19(24-12-10-23(11-13-24)16(2)26)21-15-17-6-4-7-18(14-17)25-9-5-8-22-25/h4-9,14H,3,10-13,15H2,1-2H3,(H,20,21). The van der Waals surface area contributed by atoms with Crippen molar-refractivity contribution in [3.8, 4) is 5.69 Å². The topological polar surface area (TPSA) is 65.8 Å². The van der Waals surface area contributed by atoms with Gasteiger partial charge in [-0.1, -0.05) is 12.1 Å². The van der Waals surface area contributed by atoms with Crippen LogP contribution in [-0.2, 0) is 11.3 Å². The summed E-state index contributed by atoms with van der Waals surface area (Å²) >= 11 is 0. The number of carbonyl (C=O) groups excluding carboxylic acids is 1. The zero-order valence-corrected chi connectivity index (χ0v) is 15.4. The largest absolute Gasteiger partial charge is 0.357 e. The number of guanidine groups is 1. The third-order valence-electron chi connectivity index (χ3n) is 4.45. The number of amides is 1. The average Bonchev–Trinajstić information content (AvgIpc) is 3.20. The van der Waals surface area contributed by atoms with Crippen molar-refractivity contribution in [3.05, 3.63) is 48.3 Å². The molecule has 2 heterocycles. The van der Waals surface area contributed by atoms with Crippen LogP contribution in [0.4, 0.5) is 0 Å². The normalized spacial score (nSPS) is 15.2. The molecule has 0 aliphatic carbocycles. The highest BCUT2D eigenvalue weighted by molar-refractivity contribution is 5.80. The van der Waals surface area contributed by atoms with Crippen molar-refractivity contribution in [1.29, 1.82) is 0 Å². The lowest BCUT2D eigenvalue weighted by Gasteiger charge is -2.36. The van der Waals surface area contributed by atoms with Gasteiger partial charge in [0, 0.05) is 52.0 Å². The quantitative estimate of drug-likeness (QED) is 0.668. The van der Waals surface area contributed by atoms with Crippen LogP contribution >= 0.6 is 0 Å². The van der Waals surface area contributed by atoms with Gasteiger partial charge in [0.25, 0.3) is 0 Å². The molecule has 1 fully saturated rings. The summed E-state index contributed by atoms with van der Waals surface area (Å²) < 4.78 is 1.85. The predicted octanol–water partition coefficient (Wildman–Crippen LogP) is 1.50. The number of rotatable bonds is 4. The van der Waals surface area contributed by atoms with E-state index in [0.29, 0.717) is 6.54 Å². The van der Waals surface area contributed by atoms with E-state index in [0.717, 1.165) is 49.9 Å². The second-order valence-corrected chi connectivity index (χ2v) is 6.28. The highest BCUT2D eigenvalue weighted by atomic mass is 16.2. The third kappa shape index (κ3) is 4.41. The van der Waals surface area contributed by atoms with Crippen molar-refractivity contribution in [2.45, 2.75) is 20.4 Å². The Kier molecular flexibility index (Phi) is 5.88. The van der Waals surface area contributed by atoms with E-state index in [1.165, 1.54) is 0 Å². The fourth-order valence-electron chi connectivity index (χ4n) is 3.04. The van der Waals surface area contributed by atoms with Crippen LogP contribution in [0.3, 0.4) is 0 Å². The molecule has 1 aliphatic rings. The second kappa shape index (κ2) is 8.51. The number of aliphatic imine (C=N–C) groups is 1. The zero-order chi connectivity index (χ0) is 18.4. The van der Waals surface area contributed by atoms with E-state index < -0.39 is 0 Å². The smallest absolute Gasteiger partial charge is 0.219 e. The molecule has 0 bridgehead atoms. The molecule has 0 saturated carbocycles. The summed E-state index contributed by atoms with van der Waals surface area (Å²) in [4.78, 5) is 20.4. The van der Waals surface area contributed by atoms with Crippen molar-refractivity contribution < 1.29 is 4.79 Å². The van der Waals surface area contributed by atoms with E-state index in [1.807, 2.05) is 34.0 Å². The Morgan fingerprint density at radius 3 is 2.62 bits per heavy atom. The monoisotopic (exact) mass is 354 g/mol. The molecule has 138 valence electrons. The molecule has 0 unspecified atom stereocenters. The molecule has 26 heavy (non-hydrogen) atoms. The van der Waals surface area contributed by atoms with E-state index in [4.69, 9.17) is 4.99 Å². The maximum absolute atomic E-state index is 11.5. The fourth-order valence-corrected chi connectivity index (χ4v) is 3.04. The lowest BCUT2D eigenvalue weighted by molar-refractivity contribution is -0.130. The van der Waals surface area contributed by atoms with Crippen molar-refractivity contribution in [2.24, 2.45) is 4.99 Å². The number of nitrogens with one attached hydrogen (secondary N) is 1. The summed E-state index contributed by atoms with van der Waals surface area (Å²) in [6.45, 7) is 8.21. The van der Waals surface area contributed by atoms with E-state index >= 15 is 0 Å². The van der Waals surface area contributed by atoms with E-state index in [9.17, 15) is 4.79 Å². The van der Waals surface area contributed by atoms with Gasteiger partial charge >= 0.3 is 0 Å². The Labute approximate surface area is 154 Å². The SMILES string of the molecule is CCNC(=NCc1cccc(-n2cccn2)c1)N1CCN(C(C)=O)CC1. The molecule has 0 radical (unpaired) electrons. The average molecular weight is 354 g/mol. The molecule has 1 amide bonds. The van der Waals surface area contributed by atoms with Crippen molar-refractivity contribution in [1.82, 2.24) is 24.9 Å². The summed E-state index contributed by atoms with van der Waals surface area (Å²) in [6, 6.07) is 10.2. The first kappa shape index (κ1) is 18.0. The molecule has 1 aromatic heterocycles. The minimum Gasteiger partial charge on any atom is -0.357 e. The van der Waals surface area contributed by atoms with Gasteiger partial charge in [-0.25, -0.2) is 9.67 Å². The maximum atomic E-state index is 11.5. The van der Waals surface area contributed by atoms with Gasteiger partial charge in [-0.05, 0) is 30.7 Å². The molecule has 7 heteroatoms. The highest BCUT2D eigenvalue weighted by Crippen LogP contribution is 2.11. The van der Waals surface area contributed by atoms with Crippen LogP contribution < -0.4 is 5.32 Å². The number of carbonyl (C=O) groups is 1. The van der Waals surface area contributed by atoms with Crippen LogP contribution in [0.1, 0.15) is 19.4 Å². The van der Waals surface area contributed by atoms with Gasteiger partial charge in [0.2, 0.25) is 5.91 Å². The Morgan fingerprint density at radius 1 is 1.19 bits per heavy atom. The molecular formula is C19H26N6O. The molecule has 1 aliphatic heterocycles. The molecule has 1 saturated heterocycles. The van der Waals surface area contributed by atoms with Crippen LogP contribution in [0.2, 0.25) is 0 Å². The number of benzene rings is 1. The van der Waals surface area contributed by atoms with Gasteiger partial charge in [0.15, 0.2) is 5.96 Å². The molecule has 1 N–H and O–H groups in total. The van der Waals surface area contributed by atoms with Crippen LogP contribution in [-0.4, -0.2) is 64.2 Å². The van der Waals surface area contributed by atoms with Gasteiger partial charge < -0.3 is 15.1 Å². The first-order chi connectivity index (χ1) is 12.7. The van der Waals surface area contributed by atoms with Gasteiger partial charge in [-0.15, -0.1) is 0 Å². The summed E-state index contributed by atoms with van der Waals surface area (Å²) in [5.41, 5.74) is 2.17. The number of piperazine rings is 1. The minimum absolute atomic E-state index is 0.141. The van der Waals surface area contributed by atoms with Crippen LogP contribution in [0.25, 0.3) is 5.69 Å². The molecule has 2 aromatic rings. The zero-order valence-electron chi connectivity index (χ0n) is 15.4. The molecule has 0 spiro atoms. The van der Waals surface area contributed by atoms with Gasteiger partial charge in [-0.3, -0.25) is 4.79 Å². The van der Waals surface area contributed by atoms with Crippen LogP contribution in [0.15, 0.2) is 47.7 Å². The number of hydrogen-bond acceptors (Lipinski definition) is 3. The molecular weight excluding hydrogens is 328 g/mol. The highest BCUT2D eigenvalue weighted by Gasteiger charge is 2.20. The molecule has 1 aromatic carbocycles. The lowest BCUT2D eigenvalue weighted by Crippen LogP contribution is -2.53. The van der Waals surface area contributed by atoms with Crippen molar-refractivity contribution >= 4 is 11.9 Å². The van der Waals surface area contributed by atoms with Crippen LogP contribution in [0.5, 0.6) is 0 Å². The number of hydrogen-bond donors (Lipinski definition) is 1.